The molecule has 0 amide bonds. The van der Waals surface area contributed by atoms with Crippen molar-refractivity contribution in [3.63, 3.8) is 0 Å². The first-order chi connectivity index (χ1) is 8.19. The van der Waals surface area contributed by atoms with Crippen molar-refractivity contribution in [1.82, 2.24) is 5.32 Å². The van der Waals surface area contributed by atoms with Crippen LogP contribution in [0, 0.1) is 0 Å². The number of methoxy groups -OCH3 is 1. The third-order valence-electron chi connectivity index (χ3n) is 3.42. The molecule has 1 aromatic rings. The standard InChI is InChI=1S/C15H21NO/c1-11(2)10-16-14-8-13(9-14)12-4-6-15(17-3)7-5-12/h4-7,13-14,16H,1,8-10H2,2-3H3. The van der Waals surface area contributed by atoms with Gasteiger partial charge in [-0.3, -0.25) is 0 Å². The zero-order valence-electron chi connectivity index (χ0n) is 10.7. The second-order valence-corrected chi connectivity index (χ2v) is 4.98. The summed E-state index contributed by atoms with van der Waals surface area (Å²) in [7, 11) is 1.70. The highest BCUT2D eigenvalue weighted by Crippen LogP contribution is 2.37. The van der Waals surface area contributed by atoms with Gasteiger partial charge in [-0.15, -0.1) is 0 Å². The van der Waals surface area contributed by atoms with E-state index in [4.69, 9.17) is 4.74 Å². The average molecular weight is 231 g/mol. The van der Waals surface area contributed by atoms with Crippen molar-refractivity contribution in [2.45, 2.75) is 31.7 Å². The molecule has 17 heavy (non-hydrogen) atoms. The SMILES string of the molecule is C=C(C)CNC1CC(c2ccc(OC)cc2)C1. The van der Waals surface area contributed by atoms with E-state index in [-0.39, 0.29) is 0 Å². The van der Waals surface area contributed by atoms with Gasteiger partial charge in [0, 0.05) is 12.6 Å². The van der Waals surface area contributed by atoms with Gasteiger partial charge in [0.25, 0.3) is 0 Å². The van der Waals surface area contributed by atoms with Crippen LogP contribution in [-0.4, -0.2) is 19.7 Å². The molecule has 1 fully saturated rings. The Hall–Kier alpha value is -1.28. The summed E-state index contributed by atoms with van der Waals surface area (Å²) >= 11 is 0. The molecule has 1 saturated carbocycles. The van der Waals surface area contributed by atoms with Gasteiger partial charge in [0.1, 0.15) is 5.75 Å². The van der Waals surface area contributed by atoms with E-state index in [1.807, 2.05) is 12.1 Å². The van der Waals surface area contributed by atoms with E-state index < -0.39 is 0 Å². The van der Waals surface area contributed by atoms with Crippen LogP contribution >= 0.6 is 0 Å². The molecule has 0 aromatic heterocycles. The van der Waals surface area contributed by atoms with Crippen molar-refractivity contribution >= 4 is 0 Å². The van der Waals surface area contributed by atoms with Gasteiger partial charge in [0.15, 0.2) is 0 Å². The molecular weight excluding hydrogens is 210 g/mol. The number of rotatable bonds is 5. The summed E-state index contributed by atoms with van der Waals surface area (Å²) in [6, 6.07) is 9.11. The molecule has 0 heterocycles. The Labute approximate surface area is 104 Å². The van der Waals surface area contributed by atoms with Crippen molar-refractivity contribution in [1.29, 1.82) is 0 Å². The van der Waals surface area contributed by atoms with Crippen LogP contribution in [0.1, 0.15) is 31.2 Å². The highest BCUT2D eigenvalue weighted by atomic mass is 16.5. The van der Waals surface area contributed by atoms with E-state index in [1.54, 1.807) is 7.11 Å². The maximum Gasteiger partial charge on any atom is 0.118 e. The number of hydrogen-bond donors (Lipinski definition) is 1. The van der Waals surface area contributed by atoms with E-state index in [1.165, 1.54) is 24.0 Å². The van der Waals surface area contributed by atoms with Gasteiger partial charge >= 0.3 is 0 Å². The zero-order chi connectivity index (χ0) is 12.3. The highest BCUT2D eigenvalue weighted by Gasteiger charge is 2.29. The number of hydrogen-bond acceptors (Lipinski definition) is 2. The smallest absolute Gasteiger partial charge is 0.118 e. The van der Waals surface area contributed by atoms with Crippen LogP contribution in [0.25, 0.3) is 0 Å². The second-order valence-electron chi connectivity index (χ2n) is 4.98. The lowest BCUT2D eigenvalue weighted by atomic mass is 9.76. The minimum atomic E-state index is 0.666. The van der Waals surface area contributed by atoms with E-state index >= 15 is 0 Å². The summed E-state index contributed by atoms with van der Waals surface area (Å²) in [5, 5.41) is 3.52. The first-order valence-corrected chi connectivity index (χ1v) is 6.20. The largest absolute Gasteiger partial charge is 0.497 e. The van der Waals surface area contributed by atoms with Crippen molar-refractivity contribution in [3.05, 3.63) is 42.0 Å². The molecule has 0 bridgehead atoms. The molecule has 92 valence electrons. The van der Waals surface area contributed by atoms with Crippen LogP contribution < -0.4 is 10.1 Å². The lowest BCUT2D eigenvalue weighted by Crippen LogP contribution is -2.40. The van der Waals surface area contributed by atoms with Crippen LogP contribution in [0.4, 0.5) is 0 Å². The summed E-state index contributed by atoms with van der Waals surface area (Å²) in [5.74, 6) is 1.65. The zero-order valence-corrected chi connectivity index (χ0v) is 10.7. The van der Waals surface area contributed by atoms with Crippen LogP contribution in [0.15, 0.2) is 36.4 Å². The van der Waals surface area contributed by atoms with Crippen LogP contribution in [0.3, 0.4) is 0 Å². The molecule has 1 aliphatic rings. The van der Waals surface area contributed by atoms with Gasteiger partial charge in [-0.1, -0.05) is 24.3 Å². The monoisotopic (exact) mass is 231 g/mol. The fourth-order valence-corrected chi connectivity index (χ4v) is 2.25. The Morgan fingerprint density at radius 3 is 2.53 bits per heavy atom. The molecule has 1 aromatic carbocycles. The van der Waals surface area contributed by atoms with Gasteiger partial charge in [-0.05, 0) is 43.4 Å². The summed E-state index contributed by atoms with van der Waals surface area (Å²) in [6.45, 7) is 6.91. The Morgan fingerprint density at radius 2 is 2.00 bits per heavy atom. The third-order valence-corrected chi connectivity index (χ3v) is 3.42. The molecule has 2 nitrogen and oxygen atoms in total. The van der Waals surface area contributed by atoms with Crippen molar-refractivity contribution in [3.8, 4) is 5.75 Å². The van der Waals surface area contributed by atoms with Gasteiger partial charge < -0.3 is 10.1 Å². The summed E-state index contributed by atoms with van der Waals surface area (Å²) < 4.78 is 5.16. The number of benzene rings is 1. The third kappa shape index (κ3) is 3.10. The Morgan fingerprint density at radius 1 is 1.35 bits per heavy atom. The minimum absolute atomic E-state index is 0.666. The van der Waals surface area contributed by atoms with Gasteiger partial charge in [0.05, 0.1) is 7.11 Å². The Balaban J connectivity index is 1.80. The van der Waals surface area contributed by atoms with E-state index in [2.05, 4.69) is 31.0 Å². The molecule has 1 aliphatic carbocycles. The van der Waals surface area contributed by atoms with E-state index in [9.17, 15) is 0 Å². The second kappa shape index (κ2) is 5.37. The predicted molar refractivity (Wildman–Crippen MR) is 71.6 cm³/mol. The molecule has 0 aliphatic heterocycles. The quantitative estimate of drug-likeness (QED) is 0.786. The van der Waals surface area contributed by atoms with Gasteiger partial charge in [-0.2, -0.15) is 0 Å². The molecule has 1 N–H and O–H groups in total. The lowest BCUT2D eigenvalue weighted by molar-refractivity contribution is 0.298. The lowest BCUT2D eigenvalue weighted by Gasteiger charge is -2.36. The Bertz CT molecular complexity index is 376. The van der Waals surface area contributed by atoms with Crippen LogP contribution in [0.2, 0.25) is 0 Å². The average Bonchev–Trinajstić information content (AvgIpc) is 2.27. The molecular formula is C15H21NO. The first-order valence-electron chi connectivity index (χ1n) is 6.20. The summed E-state index contributed by atoms with van der Waals surface area (Å²) in [6.07, 6.45) is 2.47. The minimum Gasteiger partial charge on any atom is -0.497 e. The van der Waals surface area contributed by atoms with E-state index in [0.717, 1.165) is 12.3 Å². The molecule has 2 heteroatoms. The normalized spacial score (nSPS) is 22.9. The molecule has 0 saturated heterocycles. The number of nitrogens with one attached hydrogen (secondary N) is 1. The van der Waals surface area contributed by atoms with Gasteiger partial charge in [-0.25, -0.2) is 0 Å². The Kier molecular flexibility index (Phi) is 3.85. The van der Waals surface area contributed by atoms with E-state index in [0.29, 0.717) is 12.0 Å². The fraction of sp³-hybridized carbons (Fsp3) is 0.467. The molecule has 0 radical (unpaired) electrons. The van der Waals surface area contributed by atoms with Crippen LogP contribution in [0.5, 0.6) is 5.75 Å². The maximum atomic E-state index is 5.16. The predicted octanol–water partition coefficient (Wildman–Crippen LogP) is 3.11. The van der Waals surface area contributed by atoms with Crippen molar-refractivity contribution in [2.75, 3.05) is 13.7 Å². The topological polar surface area (TPSA) is 21.3 Å². The molecule has 0 atom stereocenters. The number of ether oxygens (including phenoxy) is 1. The molecule has 2 rings (SSSR count). The maximum absolute atomic E-state index is 5.16. The van der Waals surface area contributed by atoms with Crippen molar-refractivity contribution in [2.24, 2.45) is 0 Å². The molecule has 0 spiro atoms. The summed E-state index contributed by atoms with van der Waals surface area (Å²) in [4.78, 5) is 0. The van der Waals surface area contributed by atoms with Crippen LogP contribution in [-0.2, 0) is 0 Å². The van der Waals surface area contributed by atoms with Crippen molar-refractivity contribution < 1.29 is 4.74 Å². The fourth-order valence-electron chi connectivity index (χ4n) is 2.25. The van der Waals surface area contributed by atoms with Gasteiger partial charge in [0.2, 0.25) is 0 Å². The summed E-state index contributed by atoms with van der Waals surface area (Å²) in [5.41, 5.74) is 2.64. The first kappa shape index (κ1) is 12.2. The molecule has 0 unspecified atom stereocenters. The highest BCUT2D eigenvalue weighted by molar-refractivity contribution is 5.30.